The van der Waals surface area contributed by atoms with Crippen molar-refractivity contribution in [2.24, 2.45) is 0 Å². The van der Waals surface area contributed by atoms with E-state index in [-0.39, 0.29) is 23.8 Å². The molecule has 1 aliphatic carbocycles. The predicted molar refractivity (Wildman–Crippen MR) is 65.6 cm³/mol. The van der Waals surface area contributed by atoms with Crippen LogP contribution < -0.4 is 5.32 Å². The molecule has 1 aliphatic rings. The number of carbonyl (C=O) groups excluding carboxylic acids is 1. The van der Waals surface area contributed by atoms with Gasteiger partial charge in [0.25, 0.3) is 5.91 Å². The number of benzene rings is 1. The average molecular weight is 259 g/mol. The number of amides is 1. The zero-order valence-corrected chi connectivity index (χ0v) is 10.2. The molecule has 6 heteroatoms. The normalized spacial score (nSPS) is 14.3. The van der Waals surface area contributed by atoms with Crippen LogP contribution in [0.3, 0.4) is 0 Å². The summed E-state index contributed by atoms with van der Waals surface area (Å²) >= 11 is 0. The maximum atomic E-state index is 11.8. The van der Waals surface area contributed by atoms with Gasteiger partial charge in [0.2, 0.25) is 5.89 Å². The Balaban J connectivity index is 1.62. The maximum absolute atomic E-state index is 11.8. The fourth-order valence-corrected chi connectivity index (χ4v) is 1.76. The van der Waals surface area contributed by atoms with Crippen LogP contribution in [-0.2, 0) is 6.54 Å². The Labute approximate surface area is 109 Å². The highest BCUT2D eigenvalue weighted by Crippen LogP contribution is 2.38. The number of phenolic OH excluding ortho intramolecular Hbond substituents is 1. The van der Waals surface area contributed by atoms with Crippen molar-refractivity contribution in [3.63, 3.8) is 0 Å². The molecule has 1 aromatic heterocycles. The first-order chi connectivity index (χ1) is 9.24. The topological polar surface area (TPSA) is 88.3 Å². The molecule has 2 aromatic rings. The number of hydrogen-bond acceptors (Lipinski definition) is 5. The van der Waals surface area contributed by atoms with Gasteiger partial charge in [-0.15, -0.1) is 0 Å². The van der Waals surface area contributed by atoms with E-state index in [1.54, 1.807) is 18.2 Å². The lowest BCUT2D eigenvalue weighted by atomic mass is 10.2. The third-order valence-corrected chi connectivity index (χ3v) is 2.98. The number of hydrogen-bond donors (Lipinski definition) is 2. The first kappa shape index (κ1) is 11.7. The van der Waals surface area contributed by atoms with E-state index >= 15 is 0 Å². The summed E-state index contributed by atoms with van der Waals surface area (Å²) < 4.78 is 5.04. The van der Waals surface area contributed by atoms with Crippen LogP contribution >= 0.6 is 0 Å². The molecule has 3 rings (SSSR count). The molecule has 0 bridgehead atoms. The number of para-hydroxylation sites is 1. The minimum Gasteiger partial charge on any atom is -0.507 e. The van der Waals surface area contributed by atoms with E-state index in [9.17, 15) is 9.90 Å². The highest BCUT2D eigenvalue weighted by Gasteiger charge is 2.28. The van der Waals surface area contributed by atoms with E-state index in [2.05, 4.69) is 15.5 Å². The number of phenols is 1. The Bertz CT molecular complexity index is 605. The van der Waals surface area contributed by atoms with Gasteiger partial charge in [-0.3, -0.25) is 4.79 Å². The maximum Gasteiger partial charge on any atom is 0.255 e. The van der Waals surface area contributed by atoms with E-state index < -0.39 is 0 Å². The van der Waals surface area contributed by atoms with Crippen molar-refractivity contribution in [2.75, 3.05) is 0 Å². The van der Waals surface area contributed by atoms with Gasteiger partial charge in [-0.05, 0) is 25.0 Å². The molecule has 0 unspecified atom stereocenters. The van der Waals surface area contributed by atoms with Crippen molar-refractivity contribution in [1.29, 1.82) is 0 Å². The van der Waals surface area contributed by atoms with Gasteiger partial charge >= 0.3 is 0 Å². The minimum atomic E-state index is -0.371. The quantitative estimate of drug-likeness (QED) is 0.870. The summed E-state index contributed by atoms with van der Waals surface area (Å²) in [6.07, 6.45) is 2.20. The van der Waals surface area contributed by atoms with Crippen molar-refractivity contribution in [3.05, 3.63) is 41.5 Å². The zero-order chi connectivity index (χ0) is 13.2. The number of rotatable bonds is 4. The number of aromatic nitrogens is 2. The number of aromatic hydroxyl groups is 1. The summed E-state index contributed by atoms with van der Waals surface area (Å²) in [6.45, 7) is 0.160. The largest absolute Gasteiger partial charge is 0.507 e. The number of nitrogens with one attached hydrogen (secondary N) is 1. The lowest BCUT2D eigenvalue weighted by Crippen LogP contribution is -2.23. The van der Waals surface area contributed by atoms with Gasteiger partial charge in [0.15, 0.2) is 5.82 Å². The van der Waals surface area contributed by atoms with Gasteiger partial charge < -0.3 is 14.9 Å². The van der Waals surface area contributed by atoms with Crippen LogP contribution in [0.15, 0.2) is 28.8 Å². The second kappa shape index (κ2) is 4.72. The molecule has 2 N–H and O–H groups in total. The predicted octanol–water partition coefficient (Wildman–Crippen LogP) is 1.58. The molecule has 6 nitrogen and oxygen atoms in total. The first-order valence-electron chi connectivity index (χ1n) is 6.12. The third kappa shape index (κ3) is 2.57. The average Bonchev–Trinajstić information content (AvgIpc) is 3.16. The van der Waals surface area contributed by atoms with Crippen LogP contribution in [0, 0.1) is 0 Å². The lowest BCUT2D eigenvalue weighted by Gasteiger charge is -2.03. The van der Waals surface area contributed by atoms with Crippen LogP contribution in [-0.4, -0.2) is 21.2 Å². The summed E-state index contributed by atoms with van der Waals surface area (Å²) in [5, 5.41) is 16.0. The van der Waals surface area contributed by atoms with E-state index in [0.29, 0.717) is 17.6 Å². The Hall–Kier alpha value is -2.37. The summed E-state index contributed by atoms with van der Waals surface area (Å²) in [4.78, 5) is 16.0. The minimum absolute atomic E-state index is 0.0517. The Morgan fingerprint density at radius 2 is 2.21 bits per heavy atom. The molecular weight excluding hydrogens is 246 g/mol. The van der Waals surface area contributed by atoms with E-state index in [4.69, 9.17) is 4.52 Å². The van der Waals surface area contributed by atoms with Gasteiger partial charge in [0.05, 0.1) is 12.1 Å². The Morgan fingerprint density at radius 3 is 2.95 bits per heavy atom. The van der Waals surface area contributed by atoms with Crippen LogP contribution in [0.5, 0.6) is 5.75 Å². The van der Waals surface area contributed by atoms with Crippen molar-refractivity contribution >= 4 is 5.91 Å². The second-order valence-corrected chi connectivity index (χ2v) is 4.52. The van der Waals surface area contributed by atoms with Gasteiger partial charge in [0.1, 0.15) is 5.75 Å². The van der Waals surface area contributed by atoms with Crippen molar-refractivity contribution in [1.82, 2.24) is 15.5 Å². The van der Waals surface area contributed by atoms with Crippen LogP contribution in [0.4, 0.5) is 0 Å². The fraction of sp³-hybridized carbons (Fsp3) is 0.308. The summed E-state index contributed by atoms with van der Waals surface area (Å²) in [6, 6.07) is 6.36. The zero-order valence-electron chi connectivity index (χ0n) is 10.2. The molecule has 19 heavy (non-hydrogen) atoms. The summed E-state index contributed by atoms with van der Waals surface area (Å²) in [5.41, 5.74) is 0.226. The summed E-state index contributed by atoms with van der Waals surface area (Å²) in [7, 11) is 0. The third-order valence-electron chi connectivity index (χ3n) is 2.98. The smallest absolute Gasteiger partial charge is 0.255 e. The molecule has 0 radical (unpaired) electrons. The molecule has 1 saturated carbocycles. The van der Waals surface area contributed by atoms with E-state index in [1.807, 2.05) is 0 Å². The Kier molecular flexibility index (Phi) is 2.91. The molecule has 0 atom stereocenters. The van der Waals surface area contributed by atoms with Gasteiger partial charge in [0, 0.05) is 5.92 Å². The molecule has 0 aliphatic heterocycles. The second-order valence-electron chi connectivity index (χ2n) is 4.52. The van der Waals surface area contributed by atoms with Crippen LogP contribution in [0.1, 0.15) is 40.8 Å². The van der Waals surface area contributed by atoms with Crippen molar-refractivity contribution in [3.8, 4) is 5.75 Å². The van der Waals surface area contributed by atoms with E-state index in [1.165, 1.54) is 6.07 Å². The molecule has 0 saturated heterocycles. The molecule has 1 fully saturated rings. The van der Waals surface area contributed by atoms with Gasteiger partial charge in [-0.25, -0.2) is 0 Å². The van der Waals surface area contributed by atoms with E-state index in [0.717, 1.165) is 12.8 Å². The van der Waals surface area contributed by atoms with Crippen LogP contribution in [0.2, 0.25) is 0 Å². The molecular formula is C13H13N3O3. The van der Waals surface area contributed by atoms with Gasteiger partial charge in [-0.1, -0.05) is 17.3 Å². The molecule has 1 amide bonds. The molecule has 1 heterocycles. The Morgan fingerprint density at radius 1 is 1.42 bits per heavy atom. The molecule has 98 valence electrons. The lowest BCUT2D eigenvalue weighted by molar-refractivity contribution is 0.0943. The van der Waals surface area contributed by atoms with Crippen LogP contribution in [0.25, 0.3) is 0 Å². The number of carbonyl (C=O) groups is 1. The first-order valence-corrected chi connectivity index (χ1v) is 6.12. The fourth-order valence-electron chi connectivity index (χ4n) is 1.76. The van der Waals surface area contributed by atoms with Crippen molar-refractivity contribution < 1.29 is 14.4 Å². The molecule has 0 spiro atoms. The van der Waals surface area contributed by atoms with Crippen molar-refractivity contribution in [2.45, 2.75) is 25.3 Å². The highest BCUT2D eigenvalue weighted by molar-refractivity contribution is 5.96. The SMILES string of the molecule is O=C(NCc1nc(C2CC2)no1)c1ccccc1O. The van der Waals surface area contributed by atoms with Gasteiger partial charge in [-0.2, -0.15) is 4.98 Å². The highest BCUT2D eigenvalue weighted by atomic mass is 16.5. The standard InChI is InChI=1S/C13H13N3O3/c17-10-4-2-1-3-9(10)13(18)14-7-11-15-12(16-19-11)8-5-6-8/h1-4,8,17H,5-7H2,(H,14,18). The summed E-state index contributed by atoms with van der Waals surface area (Å²) in [5.74, 6) is 1.09. The molecule has 1 aromatic carbocycles. The monoisotopic (exact) mass is 259 g/mol. The number of nitrogens with zero attached hydrogens (tertiary/aromatic N) is 2.